The van der Waals surface area contributed by atoms with Gasteiger partial charge in [-0.3, -0.25) is 0 Å². The quantitative estimate of drug-likeness (QED) is 0.0920. The van der Waals surface area contributed by atoms with Crippen molar-refractivity contribution in [3.8, 4) is 0 Å². The highest BCUT2D eigenvalue weighted by molar-refractivity contribution is 5.85. The molecule has 5 saturated heterocycles. The fourth-order valence-corrected chi connectivity index (χ4v) is 6.16. The van der Waals surface area contributed by atoms with E-state index in [4.69, 9.17) is 42.6 Å². The van der Waals surface area contributed by atoms with Gasteiger partial charge in [-0.15, -0.1) is 12.4 Å². The van der Waals surface area contributed by atoms with E-state index < -0.39 is 53.0 Å². The normalized spacial score (nSPS) is 23.8. The molecule has 7 aliphatic rings. The molecule has 0 aliphatic carbocycles. The van der Waals surface area contributed by atoms with Crippen LogP contribution in [0.4, 0.5) is 24.0 Å². The van der Waals surface area contributed by atoms with Crippen molar-refractivity contribution in [2.24, 2.45) is 0 Å². The van der Waals surface area contributed by atoms with Crippen LogP contribution in [0.5, 0.6) is 0 Å². The topological polar surface area (TPSA) is 252 Å². The number of hydrogen-bond acceptors (Lipinski definition) is 19. The summed E-state index contributed by atoms with van der Waals surface area (Å²) in [5.74, 6) is 0. The van der Waals surface area contributed by atoms with Crippen LogP contribution in [0.15, 0.2) is 24.3 Å². The van der Waals surface area contributed by atoms with Crippen molar-refractivity contribution < 1.29 is 81.6 Å². The molecular formula is C48H88ClN5O17. The Balaban J connectivity index is 0.000000842. The van der Waals surface area contributed by atoms with Gasteiger partial charge in [0.1, 0.15) is 66.0 Å². The van der Waals surface area contributed by atoms with Crippen molar-refractivity contribution in [2.75, 3.05) is 79.0 Å². The molecule has 0 bridgehead atoms. The zero-order chi connectivity index (χ0) is 52.4. The first kappa shape index (κ1) is 67.0. The van der Waals surface area contributed by atoms with E-state index in [1.165, 1.54) is 4.90 Å². The molecule has 22 nitrogen and oxygen atoms in total. The molecule has 3 amide bonds. The van der Waals surface area contributed by atoms with E-state index in [2.05, 4.69) is 27.5 Å². The number of rotatable bonds is 0. The summed E-state index contributed by atoms with van der Waals surface area (Å²) in [6.45, 7) is 34.2. The molecule has 0 radical (unpaired) electrons. The Hall–Kier alpha value is -4.00. The first-order valence-electron chi connectivity index (χ1n) is 23.3. The van der Waals surface area contributed by atoms with E-state index in [0.29, 0.717) is 52.0 Å². The Kier molecular flexibility index (Phi) is 28.6. The number of hydrogen-bond donors (Lipinski definition) is 4. The number of amides is 3. The van der Waals surface area contributed by atoms with Gasteiger partial charge in [0.05, 0.1) is 38.4 Å². The molecule has 0 aromatic heterocycles. The van der Waals surface area contributed by atoms with Gasteiger partial charge in [-0.1, -0.05) is 31.7 Å². The highest BCUT2D eigenvalue weighted by Crippen LogP contribution is 2.24. The van der Waals surface area contributed by atoms with Crippen LogP contribution < -0.4 is 10.6 Å². The van der Waals surface area contributed by atoms with E-state index >= 15 is 0 Å². The summed E-state index contributed by atoms with van der Waals surface area (Å²) in [6.07, 6.45) is 4.07. The molecule has 5 fully saturated rings. The van der Waals surface area contributed by atoms with Gasteiger partial charge in [-0.2, -0.15) is 0 Å². The van der Waals surface area contributed by atoms with Crippen LogP contribution in [-0.2, 0) is 47.4 Å². The SMILES string of the molecule is C.C1=CCNC1.C1OC2CNCC2O1.CC(C)(C)OC(=O)N1CC2OCOC2C1.CC(C)(C)OC(=O)N1CC=CC1.CC(C)(C)OC(=O)N1C[C@@H](O)[C@@H](O)C1.CC(C)(C)OC(=O)OC(=O)OC(C)(C)C.Cl. The van der Waals surface area contributed by atoms with E-state index in [1.807, 2.05) is 53.7 Å². The fraction of sp³-hybridized carbons (Fsp3) is 0.812. The summed E-state index contributed by atoms with van der Waals surface area (Å²) in [7, 11) is 0. The van der Waals surface area contributed by atoms with Crippen LogP contribution >= 0.6 is 12.4 Å². The molecule has 7 heterocycles. The second-order valence-corrected chi connectivity index (χ2v) is 21.6. The number of fused-ring (bicyclic) bond motifs is 2. The number of halogens is 1. The van der Waals surface area contributed by atoms with Gasteiger partial charge in [-0.25, -0.2) is 24.0 Å². The van der Waals surface area contributed by atoms with Gasteiger partial charge in [0.2, 0.25) is 0 Å². The minimum Gasteiger partial charge on any atom is -0.444 e. The number of carbonyl (C=O) groups excluding carboxylic acids is 5. The predicted octanol–water partition coefficient (Wildman–Crippen LogP) is 6.14. The minimum absolute atomic E-state index is 0. The molecular weight excluding hydrogens is 954 g/mol. The molecule has 23 heteroatoms. The number of nitrogens with one attached hydrogen (secondary N) is 2. The van der Waals surface area contributed by atoms with Crippen LogP contribution in [-0.4, -0.2) is 199 Å². The van der Waals surface area contributed by atoms with Crippen LogP contribution in [0, 0.1) is 0 Å². The summed E-state index contributed by atoms with van der Waals surface area (Å²) >= 11 is 0. The Morgan fingerprint density at radius 3 is 1.08 bits per heavy atom. The number of β-amino-alcohol motifs (C(OH)–C–C–N with tert-alkyl or cyclic N) is 2. The number of aliphatic hydroxyl groups is 2. The lowest BCUT2D eigenvalue weighted by atomic mass is 10.2. The smallest absolute Gasteiger partial charge is 0.444 e. The van der Waals surface area contributed by atoms with Gasteiger partial charge in [0.15, 0.2) is 0 Å². The van der Waals surface area contributed by atoms with Crippen molar-refractivity contribution in [3.63, 3.8) is 0 Å². The standard InChI is InChI=1S/C10H17NO4.C10H18O5.C9H17NO4.C9H15NO2.C5H9NO2.C4H7N.CH4.ClH/c1-10(2,3)15-9(12)11-4-7-8(5-11)14-6-13-7;1-9(2,3)14-7(11)13-8(12)15-10(4,5)6;1-9(2,3)14-8(13)10-4-6(11)7(12)5-10;1-9(2,3)12-8(11)10-6-4-5-7-10;1-4-5(2-6-1)8-3-7-4;1-2-4-5-3-1;;/h7-8H,4-6H2,1-3H3;1-6H3;6-7,11-12H,4-5H2,1-3H3;4-5H,6-7H2,1-3H3;4-6H,1-3H2;1-2,5H,3-4H2;1H4;1H/t;;6-,7+;;;;;. The summed E-state index contributed by atoms with van der Waals surface area (Å²) < 4.78 is 50.3. The third kappa shape index (κ3) is 30.0. The maximum absolute atomic E-state index is 11.7. The summed E-state index contributed by atoms with van der Waals surface area (Å²) in [4.78, 5) is 61.1. The number of likely N-dealkylation sites (tertiary alicyclic amines) is 2. The fourth-order valence-electron chi connectivity index (χ4n) is 6.16. The first-order valence-corrected chi connectivity index (χ1v) is 23.3. The second kappa shape index (κ2) is 30.3. The first-order chi connectivity index (χ1) is 31.7. The van der Waals surface area contributed by atoms with Gasteiger partial charge < -0.3 is 82.9 Å². The van der Waals surface area contributed by atoms with Crippen molar-refractivity contribution in [3.05, 3.63) is 24.3 Å². The van der Waals surface area contributed by atoms with Crippen molar-refractivity contribution in [2.45, 2.75) is 176 Å². The predicted molar refractivity (Wildman–Crippen MR) is 266 cm³/mol. The monoisotopic (exact) mass is 1040 g/mol. The van der Waals surface area contributed by atoms with Gasteiger partial charge in [0.25, 0.3) is 0 Å². The number of nitrogens with zero attached hydrogens (tertiary/aromatic N) is 3. The van der Waals surface area contributed by atoms with Crippen molar-refractivity contribution in [1.82, 2.24) is 25.3 Å². The van der Waals surface area contributed by atoms with Crippen molar-refractivity contribution in [1.29, 1.82) is 0 Å². The second-order valence-electron chi connectivity index (χ2n) is 21.6. The molecule has 6 atom stereocenters. The number of ether oxygens (including phenoxy) is 10. The Morgan fingerprint density at radius 2 is 0.775 bits per heavy atom. The summed E-state index contributed by atoms with van der Waals surface area (Å²) in [5.41, 5.74) is -2.77. The molecule has 4 N–H and O–H groups in total. The average molecular weight is 1040 g/mol. The average Bonchev–Trinajstić information content (AvgIpc) is 4.02. The molecule has 4 unspecified atom stereocenters. The zero-order valence-electron chi connectivity index (χ0n) is 44.0. The molecule has 7 rings (SSSR count). The minimum atomic E-state index is -1.06. The molecule has 71 heavy (non-hydrogen) atoms. The molecule has 0 saturated carbocycles. The highest BCUT2D eigenvalue weighted by atomic mass is 35.5. The van der Waals surface area contributed by atoms with Gasteiger partial charge >= 0.3 is 30.6 Å². The third-order valence-corrected chi connectivity index (χ3v) is 9.12. The lowest BCUT2D eigenvalue weighted by Crippen LogP contribution is -2.36. The van der Waals surface area contributed by atoms with Crippen LogP contribution in [0.2, 0.25) is 0 Å². The summed E-state index contributed by atoms with van der Waals surface area (Å²) in [5, 5.41) is 24.7. The summed E-state index contributed by atoms with van der Waals surface area (Å²) in [6, 6.07) is 0. The lowest BCUT2D eigenvalue weighted by Gasteiger charge is -2.24. The molecule has 414 valence electrons. The van der Waals surface area contributed by atoms with E-state index in [1.54, 1.807) is 72.1 Å². The van der Waals surface area contributed by atoms with Crippen LogP contribution in [0.3, 0.4) is 0 Å². The maximum atomic E-state index is 11.7. The van der Waals surface area contributed by atoms with E-state index in [0.717, 1.165) is 26.2 Å². The Labute approximate surface area is 428 Å². The lowest BCUT2D eigenvalue weighted by molar-refractivity contribution is -0.0295. The van der Waals surface area contributed by atoms with Crippen molar-refractivity contribution >= 4 is 43.0 Å². The van der Waals surface area contributed by atoms with Gasteiger partial charge in [-0.05, 0) is 104 Å². The third-order valence-electron chi connectivity index (χ3n) is 9.12. The van der Waals surface area contributed by atoms with Crippen LogP contribution in [0.25, 0.3) is 0 Å². The molecule has 7 aliphatic heterocycles. The Bertz CT molecular complexity index is 1600. The van der Waals surface area contributed by atoms with E-state index in [9.17, 15) is 34.2 Å². The van der Waals surface area contributed by atoms with E-state index in [-0.39, 0.29) is 62.9 Å². The number of aliphatic hydroxyl groups excluding tert-OH is 2. The highest BCUT2D eigenvalue weighted by Gasteiger charge is 2.42. The number of carbonyl (C=O) groups is 5. The Morgan fingerprint density at radius 1 is 0.465 bits per heavy atom. The molecule has 0 aromatic rings. The largest absolute Gasteiger partial charge is 0.519 e. The molecule has 0 aromatic carbocycles. The maximum Gasteiger partial charge on any atom is 0.519 e. The molecule has 0 spiro atoms. The van der Waals surface area contributed by atoms with Crippen LogP contribution in [0.1, 0.15) is 111 Å². The van der Waals surface area contributed by atoms with Gasteiger partial charge in [0, 0.05) is 39.3 Å². The zero-order valence-corrected chi connectivity index (χ0v) is 44.8.